The van der Waals surface area contributed by atoms with Crippen LogP contribution in [0.4, 0.5) is 0 Å². The van der Waals surface area contributed by atoms with Crippen molar-refractivity contribution >= 4 is 29.4 Å². The van der Waals surface area contributed by atoms with E-state index in [1.165, 1.54) is 39.5 Å². The summed E-state index contributed by atoms with van der Waals surface area (Å²) < 4.78 is 15.9. The number of imide groups is 1. The number of hydrogen-bond donors (Lipinski definition) is 1. The maximum Gasteiger partial charge on any atom is 0.335 e. The van der Waals surface area contributed by atoms with Gasteiger partial charge in [-0.3, -0.25) is 14.5 Å². The first kappa shape index (κ1) is 22.6. The van der Waals surface area contributed by atoms with E-state index in [0.717, 1.165) is 4.90 Å². The van der Waals surface area contributed by atoms with Crippen LogP contribution in [0.5, 0.6) is 17.2 Å². The van der Waals surface area contributed by atoms with E-state index >= 15 is 0 Å². The van der Waals surface area contributed by atoms with Crippen molar-refractivity contribution in [2.45, 2.75) is 6.42 Å². The summed E-state index contributed by atoms with van der Waals surface area (Å²) in [6.07, 6.45) is 5.05. The van der Waals surface area contributed by atoms with E-state index in [9.17, 15) is 19.5 Å². The second-order valence-corrected chi connectivity index (χ2v) is 6.88. The fraction of sp³-hybridized carbons (Fsp3) is 0.208. The zero-order chi connectivity index (χ0) is 23.3. The summed E-state index contributed by atoms with van der Waals surface area (Å²) in [5.74, 6) is -0.727. The molecular formula is C24H23NO7. The van der Waals surface area contributed by atoms with Crippen molar-refractivity contribution in [1.29, 1.82) is 0 Å². The van der Waals surface area contributed by atoms with Crippen molar-refractivity contribution in [2.24, 2.45) is 0 Å². The van der Waals surface area contributed by atoms with Crippen LogP contribution in [0, 0.1) is 0 Å². The summed E-state index contributed by atoms with van der Waals surface area (Å²) in [5.41, 5.74) is 1.46. The molecule has 8 heteroatoms. The molecule has 0 spiro atoms. The van der Waals surface area contributed by atoms with Crippen LogP contribution in [0.2, 0.25) is 0 Å². The lowest BCUT2D eigenvalue weighted by Crippen LogP contribution is -2.39. The topological polar surface area (TPSA) is 102 Å². The fourth-order valence-corrected chi connectivity index (χ4v) is 3.40. The van der Waals surface area contributed by atoms with E-state index in [-0.39, 0.29) is 12.1 Å². The average molecular weight is 437 g/mol. The van der Waals surface area contributed by atoms with Gasteiger partial charge in [0.1, 0.15) is 0 Å². The molecule has 0 unspecified atom stereocenters. The van der Waals surface area contributed by atoms with E-state index in [2.05, 4.69) is 0 Å². The molecule has 1 aliphatic heterocycles. The number of benzene rings is 2. The van der Waals surface area contributed by atoms with Crippen LogP contribution in [0.15, 0.2) is 48.6 Å². The van der Waals surface area contributed by atoms with Gasteiger partial charge in [-0.25, -0.2) is 4.79 Å². The van der Waals surface area contributed by atoms with Crippen molar-refractivity contribution in [1.82, 2.24) is 4.90 Å². The Morgan fingerprint density at radius 2 is 1.72 bits per heavy atom. The van der Waals surface area contributed by atoms with Gasteiger partial charge in [0.05, 0.1) is 26.9 Å². The van der Waals surface area contributed by atoms with Crippen LogP contribution >= 0.6 is 0 Å². The molecular weight excluding hydrogens is 414 g/mol. The van der Waals surface area contributed by atoms with Crippen molar-refractivity contribution in [3.05, 3.63) is 65.2 Å². The lowest BCUT2D eigenvalue weighted by atomic mass is 9.98. The minimum absolute atomic E-state index is 0.0712. The molecule has 0 bridgehead atoms. The van der Waals surface area contributed by atoms with Gasteiger partial charge >= 0.3 is 5.97 Å². The number of methoxy groups -OCH3 is 3. The molecule has 1 heterocycles. The Morgan fingerprint density at radius 3 is 2.31 bits per heavy atom. The van der Waals surface area contributed by atoms with Crippen LogP contribution in [0.3, 0.4) is 0 Å². The van der Waals surface area contributed by atoms with Gasteiger partial charge in [-0.1, -0.05) is 18.2 Å². The predicted molar refractivity (Wildman–Crippen MR) is 118 cm³/mol. The molecule has 0 saturated heterocycles. The van der Waals surface area contributed by atoms with Crippen LogP contribution in [0.1, 0.15) is 27.9 Å². The van der Waals surface area contributed by atoms with Gasteiger partial charge in [-0.15, -0.1) is 0 Å². The largest absolute Gasteiger partial charge is 0.493 e. The van der Waals surface area contributed by atoms with E-state index < -0.39 is 17.8 Å². The van der Waals surface area contributed by atoms with Crippen molar-refractivity contribution in [2.75, 3.05) is 27.9 Å². The van der Waals surface area contributed by atoms with Gasteiger partial charge in [0.25, 0.3) is 11.8 Å². The molecule has 0 aromatic heterocycles. The lowest BCUT2D eigenvalue weighted by molar-refractivity contribution is -0.138. The first-order chi connectivity index (χ1) is 15.4. The number of nitrogens with zero attached hydrogens (tertiary/aromatic N) is 1. The minimum Gasteiger partial charge on any atom is -0.493 e. The minimum atomic E-state index is -1.09. The summed E-state index contributed by atoms with van der Waals surface area (Å²) in [7, 11) is 4.49. The predicted octanol–water partition coefficient (Wildman–Crippen LogP) is 3.27. The molecule has 2 aromatic carbocycles. The summed E-state index contributed by atoms with van der Waals surface area (Å²) in [6, 6.07) is 9.46. The second kappa shape index (κ2) is 9.82. The maximum atomic E-state index is 12.9. The van der Waals surface area contributed by atoms with Gasteiger partial charge in [0, 0.05) is 18.2 Å². The zero-order valence-corrected chi connectivity index (χ0v) is 18.0. The third kappa shape index (κ3) is 4.64. The SMILES string of the molecule is COc1cc(/C=C/C(=O)N2CCC=C(c3cccc(C(=O)O)c3)C2=O)cc(OC)c1OC. The molecule has 166 valence electrons. The maximum absolute atomic E-state index is 12.9. The Kier molecular flexibility index (Phi) is 6.94. The number of carboxylic acids is 1. The fourth-order valence-electron chi connectivity index (χ4n) is 3.40. The van der Waals surface area contributed by atoms with Crippen LogP contribution < -0.4 is 14.2 Å². The van der Waals surface area contributed by atoms with Gasteiger partial charge < -0.3 is 19.3 Å². The molecule has 8 nitrogen and oxygen atoms in total. The number of rotatable bonds is 7. The number of ether oxygens (including phenoxy) is 3. The van der Waals surface area contributed by atoms with Crippen molar-refractivity contribution in [3.63, 3.8) is 0 Å². The summed E-state index contributed by atoms with van der Waals surface area (Å²) >= 11 is 0. The number of hydrogen-bond acceptors (Lipinski definition) is 6. The molecule has 0 atom stereocenters. The third-order valence-electron chi connectivity index (χ3n) is 4.97. The highest BCUT2D eigenvalue weighted by Crippen LogP contribution is 2.38. The Morgan fingerprint density at radius 1 is 1.03 bits per heavy atom. The highest BCUT2D eigenvalue weighted by Gasteiger charge is 2.27. The number of carbonyl (C=O) groups excluding carboxylic acids is 2. The van der Waals surface area contributed by atoms with E-state index in [0.29, 0.717) is 40.4 Å². The first-order valence-electron chi connectivity index (χ1n) is 9.77. The van der Waals surface area contributed by atoms with Gasteiger partial charge in [-0.2, -0.15) is 0 Å². The molecule has 2 amide bonds. The Bertz CT molecular complexity index is 1090. The molecule has 1 N–H and O–H groups in total. The molecule has 0 radical (unpaired) electrons. The highest BCUT2D eigenvalue weighted by atomic mass is 16.5. The van der Waals surface area contributed by atoms with E-state index in [1.807, 2.05) is 0 Å². The van der Waals surface area contributed by atoms with Crippen LogP contribution in [0.25, 0.3) is 11.6 Å². The lowest BCUT2D eigenvalue weighted by Gasteiger charge is -2.24. The summed E-state index contributed by atoms with van der Waals surface area (Å²) in [6.45, 7) is 0.235. The Labute approximate surface area is 185 Å². The van der Waals surface area contributed by atoms with Gasteiger partial charge in [0.2, 0.25) is 5.75 Å². The summed E-state index contributed by atoms with van der Waals surface area (Å²) in [4.78, 5) is 38.1. The molecule has 0 fully saturated rings. The number of carboxylic acid groups (broad SMARTS) is 1. The van der Waals surface area contributed by atoms with Crippen molar-refractivity contribution < 1.29 is 33.7 Å². The molecule has 0 aliphatic carbocycles. The third-order valence-corrected chi connectivity index (χ3v) is 4.97. The second-order valence-electron chi connectivity index (χ2n) is 6.88. The Hall–Kier alpha value is -4.07. The molecule has 3 rings (SSSR count). The smallest absolute Gasteiger partial charge is 0.335 e. The van der Waals surface area contributed by atoms with E-state index in [1.54, 1.807) is 36.4 Å². The first-order valence-corrected chi connectivity index (χ1v) is 9.77. The van der Waals surface area contributed by atoms with Crippen LogP contribution in [-0.2, 0) is 9.59 Å². The normalized spacial score (nSPS) is 13.7. The molecule has 32 heavy (non-hydrogen) atoms. The van der Waals surface area contributed by atoms with Crippen molar-refractivity contribution in [3.8, 4) is 17.2 Å². The molecule has 1 aliphatic rings. The quantitative estimate of drug-likeness (QED) is 0.663. The number of carbonyl (C=O) groups is 3. The van der Waals surface area contributed by atoms with Gasteiger partial charge in [-0.05, 0) is 47.9 Å². The van der Waals surface area contributed by atoms with Crippen LogP contribution in [-0.4, -0.2) is 55.7 Å². The number of aromatic carboxylic acids is 1. The van der Waals surface area contributed by atoms with Gasteiger partial charge in [0.15, 0.2) is 11.5 Å². The van der Waals surface area contributed by atoms with E-state index in [4.69, 9.17) is 14.2 Å². The monoisotopic (exact) mass is 437 g/mol. The number of amides is 2. The average Bonchev–Trinajstić information content (AvgIpc) is 2.81. The zero-order valence-electron chi connectivity index (χ0n) is 18.0. The standard InChI is InChI=1S/C24H23NO7/c1-30-19-12-15(13-20(31-2)22(19)32-3)9-10-21(26)25-11-5-8-18(23(25)27)16-6-4-7-17(14-16)24(28)29/h4,6-10,12-14H,5,11H2,1-3H3,(H,28,29)/b10-9+. The highest BCUT2D eigenvalue weighted by molar-refractivity contribution is 6.25. The molecule has 2 aromatic rings. The molecule has 0 saturated carbocycles. The Balaban J connectivity index is 1.82. The summed E-state index contributed by atoms with van der Waals surface area (Å²) in [5, 5.41) is 9.20.